The molecular weight excluding hydrogens is 338 g/mol. The molecule has 7 rings (SSSR count). The zero-order valence-electron chi connectivity index (χ0n) is 14.7. The number of hydrogen-bond donors (Lipinski definition) is 0. The maximum absolute atomic E-state index is 13.1. The molecule has 1 saturated heterocycles. The van der Waals surface area contributed by atoms with E-state index in [0.29, 0.717) is 23.3 Å². The van der Waals surface area contributed by atoms with Crippen LogP contribution in [0.5, 0.6) is 11.5 Å². The molecule has 0 aromatic heterocycles. The van der Waals surface area contributed by atoms with Crippen LogP contribution in [0.2, 0.25) is 0 Å². The average molecular weight is 357 g/mol. The Hall–Kier alpha value is -2.88. The number of benzene rings is 2. The highest BCUT2D eigenvalue weighted by Gasteiger charge is 2.67. The molecule has 1 aliphatic heterocycles. The van der Waals surface area contributed by atoms with Crippen LogP contribution in [-0.4, -0.2) is 11.8 Å². The van der Waals surface area contributed by atoms with Gasteiger partial charge in [0.2, 0.25) is 11.8 Å². The molecule has 27 heavy (non-hydrogen) atoms. The summed E-state index contributed by atoms with van der Waals surface area (Å²) in [4.78, 5) is 27.7. The lowest BCUT2D eigenvalue weighted by atomic mass is 9.63. The van der Waals surface area contributed by atoms with Crippen molar-refractivity contribution in [1.29, 1.82) is 0 Å². The second-order valence-electron chi connectivity index (χ2n) is 8.08. The predicted molar refractivity (Wildman–Crippen MR) is 100 cm³/mol. The van der Waals surface area contributed by atoms with Crippen LogP contribution >= 0.6 is 0 Å². The first-order chi connectivity index (χ1) is 13.2. The van der Waals surface area contributed by atoms with Gasteiger partial charge in [0.15, 0.2) is 0 Å². The first-order valence-electron chi connectivity index (χ1n) is 9.61. The van der Waals surface area contributed by atoms with Crippen molar-refractivity contribution in [2.24, 2.45) is 35.5 Å². The minimum absolute atomic E-state index is 0.0218. The highest BCUT2D eigenvalue weighted by atomic mass is 16.5. The van der Waals surface area contributed by atoms with Gasteiger partial charge < -0.3 is 4.74 Å². The van der Waals surface area contributed by atoms with Crippen LogP contribution in [0.25, 0.3) is 0 Å². The number of rotatable bonds is 3. The summed E-state index contributed by atoms with van der Waals surface area (Å²) in [6.07, 6.45) is 5.58. The Bertz CT molecular complexity index is 929. The summed E-state index contributed by atoms with van der Waals surface area (Å²) in [6.45, 7) is 0. The molecule has 6 atom stereocenters. The Morgan fingerprint density at radius 1 is 0.741 bits per heavy atom. The van der Waals surface area contributed by atoms with Crippen molar-refractivity contribution >= 4 is 17.5 Å². The van der Waals surface area contributed by atoms with E-state index in [-0.39, 0.29) is 35.5 Å². The number of carbonyl (C=O) groups excluding carboxylic acids is 2. The molecule has 2 aromatic rings. The quantitative estimate of drug-likeness (QED) is 0.615. The Kier molecular flexibility index (Phi) is 2.99. The highest BCUT2D eigenvalue weighted by molar-refractivity contribution is 6.22. The number of amides is 2. The fourth-order valence-corrected chi connectivity index (χ4v) is 5.50. The molecule has 2 aromatic carbocycles. The molecule has 0 spiro atoms. The summed E-state index contributed by atoms with van der Waals surface area (Å²) in [5.74, 6) is 2.85. The van der Waals surface area contributed by atoms with Crippen LogP contribution in [0.1, 0.15) is 6.42 Å². The van der Waals surface area contributed by atoms with E-state index in [1.165, 1.54) is 11.3 Å². The number of ether oxygens (including phenoxy) is 1. The fraction of sp³-hybridized carbons (Fsp3) is 0.304. The number of allylic oxidation sites excluding steroid dienone is 2. The predicted octanol–water partition coefficient (Wildman–Crippen LogP) is 4.04. The molecule has 2 saturated carbocycles. The van der Waals surface area contributed by atoms with Crippen molar-refractivity contribution < 1.29 is 14.3 Å². The van der Waals surface area contributed by atoms with E-state index in [4.69, 9.17) is 4.74 Å². The van der Waals surface area contributed by atoms with Crippen LogP contribution in [0.4, 0.5) is 5.69 Å². The molecule has 0 radical (unpaired) electrons. The van der Waals surface area contributed by atoms with E-state index in [1.807, 2.05) is 54.6 Å². The molecule has 4 aliphatic carbocycles. The van der Waals surface area contributed by atoms with Crippen molar-refractivity contribution in [3.05, 3.63) is 66.7 Å². The zero-order valence-corrected chi connectivity index (χ0v) is 14.7. The topological polar surface area (TPSA) is 46.6 Å². The van der Waals surface area contributed by atoms with E-state index in [0.717, 1.165) is 5.75 Å². The number of nitrogens with zero attached hydrogens (tertiary/aromatic N) is 1. The molecular formula is C23H19NO3. The summed E-state index contributed by atoms with van der Waals surface area (Å²) in [5.41, 5.74) is 0.646. The average Bonchev–Trinajstić information content (AvgIpc) is 3.48. The smallest absolute Gasteiger partial charge is 0.238 e. The van der Waals surface area contributed by atoms with Gasteiger partial charge in [-0.15, -0.1) is 0 Å². The summed E-state index contributed by atoms with van der Waals surface area (Å²) >= 11 is 0. The number of anilines is 1. The Morgan fingerprint density at radius 2 is 1.30 bits per heavy atom. The van der Waals surface area contributed by atoms with Gasteiger partial charge in [-0.1, -0.05) is 30.4 Å². The molecule has 4 heteroatoms. The van der Waals surface area contributed by atoms with Gasteiger partial charge in [-0.2, -0.15) is 0 Å². The maximum Gasteiger partial charge on any atom is 0.238 e. The molecule has 1 heterocycles. The number of para-hydroxylation sites is 1. The van der Waals surface area contributed by atoms with Crippen molar-refractivity contribution in [3.63, 3.8) is 0 Å². The Morgan fingerprint density at radius 3 is 1.89 bits per heavy atom. The second kappa shape index (κ2) is 5.32. The van der Waals surface area contributed by atoms with Gasteiger partial charge in [0, 0.05) is 0 Å². The first-order valence-corrected chi connectivity index (χ1v) is 9.61. The number of carbonyl (C=O) groups is 2. The third kappa shape index (κ3) is 2.10. The van der Waals surface area contributed by atoms with Crippen molar-refractivity contribution in [1.82, 2.24) is 0 Å². The van der Waals surface area contributed by atoms with Gasteiger partial charge in [0.05, 0.1) is 17.5 Å². The summed E-state index contributed by atoms with van der Waals surface area (Å²) in [5, 5.41) is 0. The van der Waals surface area contributed by atoms with Crippen LogP contribution in [0.15, 0.2) is 66.7 Å². The molecule has 3 fully saturated rings. The van der Waals surface area contributed by atoms with E-state index >= 15 is 0 Å². The van der Waals surface area contributed by atoms with Gasteiger partial charge in [0.25, 0.3) is 0 Å². The first kappa shape index (κ1) is 15.2. The van der Waals surface area contributed by atoms with Crippen LogP contribution < -0.4 is 9.64 Å². The lowest BCUT2D eigenvalue weighted by Gasteiger charge is -2.37. The largest absolute Gasteiger partial charge is 0.457 e. The van der Waals surface area contributed by atoms with E-state index in [9.17, 15) is 9.59 Å². The third-order valence-electron chi connectivity index (χ3n) is 6.74. The molecule has 4 nitrogen and oxygen atoms in total. The number of hydrogen-bond acceptors (Lipinski definition) is 3. The normalized spacial score (nSPS) is 35.2. The minimum Gasteiger partial charge on any atom is -0.457 e. The van der Waals surface area contributed by atoms with Crippen LogP contribution in [0.3, 0.4) is 0 Å². The fourth-order valence-electron chi connectivity index (χ4n) is 5.50. The molecule has 2 bridgehead atoms. The van der Waals surface area contributed by atoms with E-state index in [1.54, 1.807) is 0 Å². The van der Waals surface area contributed by atoms with E-state index in [2.05, 4.69) is 12.2 Å². The molecule has 5 aliphatic rings. The van der Waals surface area contributed by atoms with Gasteiger partial charge in [-0.3, -0.25) is 14.5 Å². The molecule has 134 valence electrons. The van der Waals surface area contributed by atoms with Crippen molar-refractivity contribution in [2.75, 3.05) is 4.90 Å². The highest BCUT2D eigenvalue weighted by Crippen LogP contribution is 2.65. The van der Waals surface area contributed by atoms with Gasteiger partial charge in [0.1, 0.15) is 11.5 Å². The summed E-state index contributed by atoms with van der Waals surface area (Å²) < 4.78 is 5.81. The standard InChI is InChI=1S/C23H19NO3/c25-22-20-16-10-11-17(19-12-18(16)19)21(20)23(26)24(22)13-6-8-15(9-7-13)27-14-4-2-1-3-5-14/h1-11,16-21H,12H2/t16-,17-,18-,19+,20-,21-/m1/s1. The number of imide groups is 1. The second-order valence-corrected chi connectivity index (χ2v) is 8.08. The maximum atomic E-state index is 13.1. The Balaban J connectivity index is 1.28. The molecule has 0 N–H and O–H groups in total. The van der Waals surface area contributed by atoms with Gasteiger partial charge in [-0.05, 0) is 66.5 Å². The van der Waals surface area contributed by atoms with Gasteiger partial charge in [-0.25, -0.2) is 0 Å². The van der Waals surface area contributed by atoms with Crippen LogP contribution in [-0.2, 0) is 9.59 Å². The van der Waals surface area contributed by atoms with Gasteiger partial charge >= 0.3 is 0 Å². The van der Waals surface area contributed by atoms with E-state index < -0.39 is 0 Å². The minimum atomic E-state index is -0.156. The summed E-state index contributed by atoms with van der Waals surface area (Å²) in [7, 11) is 0. The van der Waals surface area contributed by atoms with Crippen molar-refractivity contribution in [2.45, 2.75) is 6.42 Å². The SMILES string of the molecule is O=C1[C@@H]2[C@@H]3C=C[C@H]([C@@H]4C[C@H]34)[C@H]2C(=O)N1c1ccc(Oc2ccccc2)cc1. The molecule has 0 unspecified atom stereocenters. The van der Waals surface area contributed by atoms with Crippen molar-refractivity contribution in [3.8, 4) is 11.5 Å². The molecule has 2 amide bonds. The summed E-state index contributed by atoms with van der Waals surface area (Å²) in [6, 6.07) is 16.8. The lowest BCUT2D eigenvalue weighted by molar-refractivity contribution is -0.124. The lowest BCUT2D eigenvalue weighted by Crippen LogP contribution is -2.40. The zero-order chi connectivity index (χ0) is 18.1. The third-order valence-corrected chi connectivity index (χ3v) is 6.74. The van der Waals surface area contributed by atoms with Crippen LogP contribution in [0, 0.1) is 35.5 Å². The monoisotopic (exact) mass is 357 g/mol. The Labute approximate surface area is 157 Å².